The summed E-state index contributed by atoms with van der Waals surface area (Å²) in [7, 11) is 1.20. The number of amides is 2. The molecule has 0 spiro atoms. The molecule has 0 aliphatic rings. The van der Waals surface area contributed by atoms with Crippen molar-refractivity contribution in [1.29, 1.82) is 0 Å². The van der Waals surface area contributed by atoms with Crippen LogP contribution in [-0.4, -0.2) is 24.9 Å². The van der Waals surface area contributed by atoms with Gasteiger partial charge in [-0.1, -0.05) is 41.9 Å². The fourth-order valence-corrected chi connectivity index (χ4v) is 2.43. The maximum Gasteiger partial charge on any atom is 0.315 e. The molecule has 0 aliphatic heterocycles. The molecule has 0 bridgehead atoms. The van der Waals surface area contributed by atoms with Crippen LogP contribution >= 0.6 is 11.6 Å². The molecule has 0 saturated heterocycles. The van der Waals surface area contributed by atoms with E-state index in [1.807, 2.05) is 37.3 Å². The van der Waals surface area contributed by atoms with E-state index in [1.54, 1.807) is 6.07 Å². The maximum absolute atomic E-state index is 12.5. The largest absolute Gasteiger partial charge is 0.469 e. The van der Waals surface area contributed by atoms with Crippen LogP contribution in [0.15, 0.2) is 48.5 Å². The summed E-state index contributed by atoms with van der Waals surface area (Å²) in [5, 5.41) is 5.65. The number of carbonyl (C=O) groups excluding carboxylic acids is 3. The predicted molar refractivity (Wildman–Crippen MR) is 99.0 cm³/mol. The Bertz CT molecular complexity index is 808. The third-order valence-corrected chi connectivity index (χ3v) is 4.01. The van der Waals surface area contributed by atoms with E-state index in [-0.39, 0.29) is 22.7 Å². The topological polar surface area (TPSA) is 84.5 Å². The molecule has 136 valence electrons. The molecule has 0 radical (unpaired) electrons. The molecule has 2 N–H and O–H groups in total. The lowest BCUT2D eigenvalue weighted by Gasteiger charge is -2.15. The lowest BCUT2D eigenvalue weighted by molar-refractivity contribution is -0.142. The Balaban J connectivity index is 2.09. The number of halogens is 1. The molecular weight excluding hydrogens is 356 g/mol. The van der Waals surface area contributed by atoms with Crippen LogP contribution in [0.5, 0.6) is 0 Å². The van der Waals surface area contributed by atoms with Crippen LogP contribution in [0, 0.1) is 0 Å². The molecule has 0 aromatic heterocycles. The number of methoxy groups -OCH3 is 1. The summed E-state index contributed by atoms with van der Waals surface area (Å²) in [4.78, 5) is 35.4. The Labute approximate surface area is 156 Å². The van der Waals surface area contributed by atoms with E-state index in [0.717, 1.165) is 5.56 Å². The number of carbonyl (C=O) groups is 3. The molecule has 2 aromatic rings. The van der Waals surface area contributed by atoms with Crippen molar-refractivity contribution in [1.82, 2.24) is 5.32 Å². The van der Waals surface area contributed by atoms with Gasteiger partial charge in [0.1, 0.15) is 6.42 Å². The lowest BCUT2D eigenvalue weighted by atomic mass is 10.1. The second-order valence-electron chi connectivity index (χ2n) is 5.60. The summed E-state index contributed by atoms with van der Waals surface area (Å²) in [5.74, 6) is -1.54. The van der Waals surface area contributed by atoms with E-state index in [1.165, 1.54) is 19.2 Å². The van der Waals surface area contributed by atoms with E-state index in [2.05, 4.69) is 15.4 Å². The van der Waals surface area contributed by atoms with Crippen molar-refractivity contribution in [2.75, 3.05) is 12.4 Å². The molecule has 7 heteroatoms. The quantitative estimate of drug-likeness (QED) is 0.600. The lowest BCUT2D eigenvalue weighted by Crippen LogP contribution is -2.26. The average Bonchev–Trinajstić information content (AvgIpc) is 2.63. The minimum absolute atomic E-state index is 0.184. The summed E-state index contributed by atoms with van der Waals surface area (Å²) in [6.45, 7) is 1.88. The van der Waals surface area contributed by atoms with Gasteiger partial charge in [0.25, 0.3) is 5.91 Å². The van der Waals surface area contributed by atoms with Crippen LogP contribution in [0.2, 0.25) is 5.02 Å². The normalized spacial score (nSPS) is 11.3. The van der Waals surface area contributed by atoms with Gasteiger partial charge in [0, 0.05) is 5.56 Å². The van der Waals surface area contributed by atoms with Gasteiger partial charge in [-0.3, -0.25) is 14.4 Å². The second-order valence-corrected chi connectivity index (χ2v) is 6.01. The summed E-state index contributed by atoms with van der Waals surface area (Å²) >= 11 is 6.05. The van der Waals surface area contributed by atoms with Crippen LogP contribution in [0.3, 0.4) is 0 Å². The Hall–Kier alpha value is -2.86. The van der Waals surface area contributed by atoms with E-state index < -0.39 is 18.3 Å². The molecule has 0 fully saturated rings. The number of ether oxygens (including phenoxy) is 1. The number of rotatable bonds is 6. The van der Waals surface area contributed by atoms with Gasteiger partial charge in [0.2, 0.25) is 5.91 Å². The number of hydrogen-bond donors (Lipinski definition) is 2. The fraction of sp³-hybridized carbons (Fsp3) is 0.211. The summed E-state index contributed by atoms with van der Waals surface area (Å²) in [6.07, 6.45) is -0.436. The summed E-state index contributed by atoms with van der Waals surface area (Å²) in [5.41, 5.74) is 1.56. The molecule has 2 rings (SSSR count). The van der Waals surface area contributed by atoms with Crippen LogP contribution in [-0.2, 0) is 14.3 Å². The highest BCUT2D eigenvalue weighted by Crippen LogP contribution is 2.24. The van der Waals surface area contributed by atoms with Gasteiger partial charge in [-0.05, 0) is 30.7 Å². The molecule has 26 heavy (non-hydrogen) atoms. The maximum atomic E-state index is 12.5. The average molecular weight is 375 g/mol. The predicted octanol–water partition coefficient (Wildman–Crippen LogP) is 3.33. The highest BCUT2D eigenvalue weighted by atomic mass is 35.5. The standard InChI is InChI=1S/C19H19ClN2O4/c1-12(13-6-4-3-5-7-13)21-19(25)14-8-9-15(20)16(10-14)22-17(23)11-18(24)26-2/h3-10,12H,11H2,1-2H3,(H,21,25)(H,22,23)/t12-/m1/s1. The SMILES string of the molecule is COC(=O)CC(=O)Nc1cc(C(=O)N[C@H](C)c2ccccc2)ccc1Cl. The molecular formula is C19H19ClN2O4. The number of anilines is 1. The Morgan fingerprint density at radius 3 is 2.46 bits per heavy atom. The Morgan fingerprint density at radius 1 is 1.12 bits per heavy atom. The monoisotopic (exact) mass is 374 g/mol. The van der Waals surface area contributed by atoms with Crippen molar-refractivity contribution >= 4 is 35.1 Å². The van der Waals surface area contributed by atoms with Crippen molar-refractivity contribution in [3.8, 4) is 0 Å². The van der Waals surface area contributed by atoms with Crippen molar-refractivity contribution in [3.05, 3.63) is 64.7 Å². The fourth-order valence-electron chi connectivity index (χ4n) is 2.26. The molecule has 0 unspecified atom stereocenters. The molecule has 0 saturated carbocycles. The van der Waals surface area contributed by atoms with Gasteiger partial charge < -0.3 is 15.4 Å². The molecule has 0 aliphatic carbocycles. The first kappa shape index (κ1) is 19.5. The summed E-state index contributed by atoms with van der Waals surface area (Å²) in [6, 6.07) is 13.9. The van der Waals surface area contributed by atoms with Gasteiger partial charge >= 0.3 is 5.97 Å². The molecule has 6 nitrogen and oxygen atoms in total. The minimum atomic E-state index is -0.663. The zero-order chi connectivity index (χ0) is 19.1. The molecule has 0 heterocycles. The van der Waals surface area contributed by atoms with E-state index in [4.69, 9.17) is 11.6 Å². The van der Waals surface area contributed by atoms with Gasteiger partial charge in [0.15, 0.2) is 0 Å². The van der Waals surface area contributed by atoms with Crippen LogP contribution in [0.25, 0.3) is 0 Å². The molecule has 1 atom stereocenters. The number of nitrogens with one attached hydrogen (secondary N) is 2. The number of benzene rings is 2. The van der Waals surface area contributed by atoms with Gasteiger partial charge in [0.05, 0.1) is 23.9 Å². The van der Waals surface area contributed by atoms with Gasteiger partial charge in [-0.2, -0.15) is 0 Å². The summed E-state index contributed by atoms with van der Waals surface area (Å²) < 4.78 is 4.44. The third-order valence-electron chi connectivity index (χ3n) is 3.68. The zero-order valence-corrected chi connectivity index (χ0v) is 15.2. The van der Waals surface area contributed by atoms with Crippen molar-refractivity contribution in [2.45, 2.75) is 19.4 Å². The van der Waals surface area contributed by atoms with Crippen LogP contribution in [0.1, 0.15) is 35.3 Å². The van der Waals surface area contributed by atoms with E-state index >= 15 is 0 Å². The van der Waals surface area contributed by atoms with Crippen molar-refractivity contribution in [3.63, 3.8) is 0 Å². The highest BCUT2D eigenvalue weighted by molar-refractivity contribution is 6.34. The van der Waals surface area contributed by atoms with E-state index in [0.29, 0.717) is 5.56 Å². The third kappa shape index (κ3) is 5.32. The highest BCUT2D eigenvalue weighted by Gasteiger charge is 2.15. The van der Waals surface area contributed by atoms with Crippen molar-refractivity contribution in [2.24, 2.45) is 0 Å². The Morgan fingerprint density at radius 2 is 1.81 bits per heavy atom. The second kappa shape index (κ2) is 9.01. The smallest absolute Gasteiger partial charge is 0.315 e. The van der Waals surface area contributed by atoms with Crippen LogP contribution in [0.4, 0.5) is 5.69 Å². The first-order valence-electron chi connectivity index (χ1n) is 7.92. The van der Waals surface area contributed by atoms with Crippen molar-refractivity contribution < 1.29 is 19.1 Å². The first-order valence-corrected chi connectivity index (χ1v) is 8.30. The van der Waals surface area contributed by atoms with E-state index in [9.17, 15) is 14.4 Å². The van der Waals surface area contributed by atoms with Gasteiger partial charge in [-0.15, -0.1) is 0 Å². The number of hydrogen-bond acceptors (Lipinski definition) is 4. The Kier molecular flexibility index (Phi) is 6.74. The van der Waals surface area contributed by atoms with Crippen LogP contribution < -0.4 is 10.6 Å². The van der Waals surface area contributed by atoms with Gasteiger partial charge in [-0.25, -0.2) is 0 Å². The zero-order valence-electron chi connectivity index (χ0n) is 14.4. The first-order chi connectivity index (χ1) is 12.4. The number of esters is 1. The minimum Gasteiger partial charge on any atom is -0.469 e. The molecule has 2 aromatic carbocycles. The molecule has 2 amide bonds.